The molecule has 1 N–H and O–H groups in total. The topological polar surface area (TPSA) is 15.3 Å². The zero-order chi connectivity index (χ0) is 14.8. The highest BCUT2D eigenvalue weighted by molar-refractivity contribution is 5.56. The molecule has 0 saturated carbocycles. The van der Waals surface area contributed by atoms with Gasteiger partial charge in [-0.15, -0.1) is 0 Å². The first-order valence-electron chi connectivity index (χ1n) is 7.09. The minimum atomic E-state index is 0.1000. The Morgan fingerprint density at radius 2 is 1.68 bits per heavy atom. The predicted octanol–water partition coefficient (Wildman–Crippen LogP) is 3.73. The monoisotopic (exact) mass is 262 g/mol. The van der Waals surface area contributed by atoms with Crippen molar-refractivity contribution in [1.29, 1.82) is 0 Å². The fourth-order valence-electron chi connectivity index (χ4n) is 2.38. The van der Waals surface area contributed by atoms with Crippen molar-refractivity contribution in [3.8, 4) is 0 Å². The number of nitrogens with one attached hydrogen (secondary N) is 1. The molecule has 1 aromatic carbocycles. The zero-order valence-electron chi connectivity index (χ0n) is 13.9. The minimum absolute atomic E-state index is 0.1000. The molecule has 0 aromatic heterocycles. The lowest BCUT2D eigenvalue weighted by atomic mass is 9.85. The van der Waals surface area contributed by atoms with Gasteiger partial charge in [0.25, 0.3) is 0 Å². The van der Waals surface area contributed by atoms with Gasteiger partial charge in [-0.3, -0.25) is 0 Å². The number of anilines is 1. The van der Waals surface area contributed by atoms with Gasteiger partial charge in [0.05, 0.1) is 0 Å². The van der Waals surface area contributed by atoms with Crippen LogP contribution < -0.4 is 10.2 Å². The molecule has 1 aromatic rings. The summed E-state index contributed by atoms with van der Waals surface area (Å²) < 4.78 is 0. The van der Waals surface area contributed by atoms with Crippen molar-refractivity contribution in [2.75, 3.05) is 25.5 Å². The fraction of sp³-hybridized carbons (Fsp3) is 0.647. The van der Waals surface area contributed by atoms with Crippen LogP contribution in [0.4, 0.5) is 5.69 Å². The highest BCUT2D eigenvalue weighted by atomic mass is 15.2. The molecule has 0 heterocycles. The van der Waals surface area contributed by atoms with Gasteiger partial charge < -0.3 is 10.2 Å². The summed E-state index contributed by atoms with van der Waals surface area (Å²) in [6.45, 7) is 14.5. The molecule has 0 bridgehead atoms. The Bertz CT molecular complexity index is 427. The molecule has 19 heavy (non-hydrogen) atoms. The van der Waals surface area contributed by atoms with Gasteiger partial charge in [0.1, 0.15) is 0 Å². The minimum Gasteiger partial charge on any atom is -0.368 e. The van der Waals surface area contributed by atoms with Crippen molar-refractivity contribution in [3.05, 3.63) is 29.3 Å². The summed E-state index contributed by atoms with van der Waals surface area (Å²) in [5.41, 5.74) is 4.37. The molecular formula is C17H30N2. The molecule has 0 aliphatic rings. The average Bonchev–Trinajstić information content (AvgIpc) is 2.26. The molecule has 0 amide bonds. The summed E-state index contributed by atoms with van der Waals surface area (Å²) in [5.74, 6) is 0. The van der Waals surface area contributed by atoms with Crippen molar-refractivity contribution in [1.82, 2.24) is 5.32 Å². The molecule has 0 saturated heterocycles. The van der Waals surface area contributed by atoms with E-state index in [4.69, 9.17) is 0 Å². The van der Waals surface area contributed by atoms with E-state index in [1.807, 2.05) is 7.05 Å². The average molecular weight is 262 g/mol. The molecule has 0 fully saturated rings. The van der Waals surface area contributed by atoms with E-state index in [0.717, 1.165) is 6.54 Å². The molecule has 0 atom stereocenters. The van der Waals surface area contributed by atoms with E-state index in [1.54, 1.807) is 0 Å². The van der Waals surface area contributed by atoms with Crippen LogP contribution in [0.25, 0.3) is 0 Å². The Morgan fingerprint density at radius 1 is 1.11 bits per heavy atom. The second kappa shape index (κ2) is 5.54. The Morgan fingerprint density at radius 3 is 2.11 bits per heavy atom. The van der Waals surface area contributed by atoms with Gasteiger partial charge >= 0.3 is 0 Å². The quantitative estimate of drug-likeness (QED) is 0.889. The number of likely N-dealkylation sites (N-methyl/N-ethyl adjacent to an activating group) is 2. The Labute approximate surface area is 119 Å². The molecule has 2 nitrogen and oxygen atoms in total. The summed E-state index contributed by atoms with van der Waals surface area (Å²) in [6, 6.07) is 6.84. The normalized spacial score (nSPS) is 12.6. The Hall–Kier alpha value is -1.02. The van der Waals surface area contributed by atoms with Gasteiger partial charge in [0, 0.05) is 24.8 Å². The van der Waals surface area contributed by atoms with E-state index in [9.17, 15) is 0 Å². The third-order valence-electron chi connectivity index (χ3n) is 3.94. The molecule has 0 unspecified atom stereocenters. The highest BCUT2D eigenvalue weighted by Crippen LogP contribution is 2.30. The fourth-order valence-corrected chi connectivity index (χ4v) is 2.38. The van der Waals surface area contributed by atoms with Crippen LogP contribution in [0.3, 0.4) is 0 Å². The van der Waals surface area contributed by atoms with Gasteiger partial charge in [-0.2, -0.15) is 0 Å². The van der Waals surface area contributed by atoms with Gasteiger partial charge in [-0.05, 0) is 50.4 Å². The molecule has 0 aliphatic heterocycles. The largest absolute Gasteiger partial charge is 0.368 e. The Kier molecular flexibility index (Phi) is 4.67. The van der Waals surface area contributed by atoms with Crippen molar-refractivity contribution in [2.24, 2.45) is 0 Å². The second-order valence-corrected chi connectivity index (χ2v) is 7.15. The molecule has 1 rings (SSSR count). The molecule has 2 heteroatoms. The van der Waals surface area contributed by atoms with Crippen LogP contribution in [0.1, 0.15) is 45.7 Å². The van der Waals surface area contributed by atoms with Gasteiger partial charge in [-0.25, -0.2) is 0 Å². The van der Waals surface area contributed by atoms with E-state index in [2.05, 4.69) is 77.0 Å². The summed E-state index contributed by atoms with van der Waals surface area (Å²) in [6.07, 6.45) is 0. The first-order valence-corrected chi connectivity index (χ1v) is 7.09. The number of hydrogen-bond donors (Lipinski definition) is 1. The molecule has 0 radical (unpaired) electrons. The third-order valence-corrected chi connectivity index (χ3v) is 3.94. The lowest BCUT2D eigenvalue weighted by molar-refractivity contribution is 0.462. The number of benzene rings is 1. The van der Waals surface area contributed by atoms with Crippen LogP contribution in [0.2, 0.25) is 0 Å². The molecule has 108 valence electrons. The number of hydrogen-bond acceptors (Lipinski definition) is 2. The van der Waals surface area contributed by atoms with Crippen molar-refractivity contribution >= 4 is 5.69 Å². The SMILES string of the molecule is CNCC(C)(C)N(C)c1ccc(C(C)(C)C)cc1C. The highest BCUT2D eigenvalue weighted by Gasteiger charge is 2.24. The molecular weight excluding hydrogens is 232 g/mol. The first kappa shape index (κ1) is 16.0. The Balaban J connectivity index is 3.10. The van der Waals surface area contributed by atoms with Gasteiger partial charge in [0.15, 0.2) is 0 Å². The summed E-state index contributed by atoms with van der Waals surface area (Å²) in [7, 11) is 4.18. The van der Waals surface area contributed by atoms with Crippen LogP contribution in [-0.2, 0) is 5.41 Å². The van der Waals surface area contributed by atoms with E-state index in [0.29, 0.717) is 0 Å². The van der Waals surface area contributed by atoms with Crippen molar-refractivity contribution < 1.29 is 0 Å². The molecule has 0 aliphatic carbocycles. The smallest absolute Gasteiger partial charge is 0.0466 e. The first-order chi connectivity index (χ1) is 8.59. The van der Waals surface area contributed by atoms with Crippen LogP contribution in [0, 0.1) is 6.92 Å². The third kappa shape index (κ3) is 3.73. The van der Waals surface area contributed by atoms with E-state index < -0.39 is 0 Å². The van der Waals surface area contributed by atoms with Crippen LogP contribution in [0.5, 0.6) is 0 Å². The number of aryl methyl sites for hydroxylation is 1. The van der Waals surface area contributed by atoms with Crippen LogP contribution in [0.15, 0.2) is 18.2 Å². The van der Waals surface area contributed by atoms with Crippen molar-refractivity contribution in [3.63, 3.8) is 0 Å². The summed E-state index contributed by atoms with van der Waals surface area (Å²) in [5, 5.41) is 3.27. The maximum atomic E-state index is 3.27. The van der Waals surface area contributed by atoms with E-state index in [-0.39, 0.29) is 11.0 Å². The summed E-state index contributed by atoms with van der Waals surface area (Å²) >= 11 is 0. The van der Waals surface area contributed by atoms with Crippen LogP contribution in [-0.4, -0.2) is 26.2 Å². The van der Waals surface area contributed by atoms with Crippen LogP contribution >= 0.6 is 0 Å². The van der Waals surface area contributed by atoms with E-state index in [1.165, 1.54) is 16.8 Å². The lowest BCUT2D eigenvalue weighted by Gasteiger charge is -2.38. The lowest BCUT2D eigenvalue weighted by Crippen LogP contribution is -2.48. The number of rotatable bonds is 4. The predicted molar refractivity (Wildman–Crippen MR) is 86.3 cm³/mol. The standard InChI is InChI=1S/C17H30N2/c1-13-11-14(16(2,3)4)9-10-15(13)19(8)17(5,6)12-18-7/h9-11,18H,12H2,1-8H3. The maximum Gasteiger partial charge on any atom is 0.0466 e. The summed E-state index contributed by atoms with van der Waals surface area (Å²) in [4.78, 5) is 2.37. The zero-order valence-corrected chi connectivity index (χ0v) is 13.9. The molecule has 0 spiro atoms. The van der Waals surface area contributed by atoms with Gasteiger partial charge in [-0.1, -0.05) is 32.9 Å². The maximum absolute atomic E-state index is 3.27. The van der Waals surface area contributed by atoms with Crippen molar-refractivity contribution in [2.45, 2.75) is 52.5 Å². The van der Waals surface area contributed by atoms with Gasteiger partial charge in [0.2, 0.25) is 0 Å². The van der Waals surface area contributed by atoms with E-state index >= 15 is 0 Å². The number of nitrogens with zero attached hydrogens (tertiary/aromatic N) is 1. The second-order valence-electron chi connectivity index (χ2n) is 7.15.